The third-order valence-electron chi connectivity index (χ3n) is 4.08. The number of rotatable bonds is 6. The Bertz CT molecular complexity index is 467. The molecule has 2 saturated carbocycles. The van der Waals surface area contributed by atoms with Crippen molar-refractivity contribution in [2.24, 2.45) is 5.92 Å². The lowest BCUT2D eigenvalue weighted by molar-refractivity contribution is 0.880. The van der Waals surface area contributed by atoms with Crippen LogP contribution in [0.4, 0.5) is 11.6 Å². The van der Waals surface area contributed by atoms with Gasteiger partial charge in [0.2, 0.25) is 0 Å². The van der Waals surface area contributed by atoms with Crippen molar-refractivity contribution in [3.05, 3.63) is 11.4 Å². The average molecular weight is 260 g/mol. The second kappa shape index (κ2) is 4.99. The van der Waals surface area contributed by atoms with E-state index in [4.69, 9.17) is 9.97 Å². The maximum absolute atomic E-state index is 4.76. The second-order valence-electron chi connectivity index (χ2n) is 6.07. The molecule has 2 N–H and O–H groups in total. The van der Waals surface area contributed by atoms with Crippen LogP contribution in [0.5, 0.6) is 0 Å². The summed E-state index contributed by atoms with van der Waals surface area (Å²) in [5, 5.41) is 7.02. The lowest BCUT2D eigenvalue weighted by atomic mass is 10.2. The van der Waals surface area contributed by atoms with Gasteiger partial charge in [0.25, 0.3) is 0 Å². The predicted octanol–water partition coefficient (Wildman–Crippen LogP) is 3.30. The molecule has 104 valence electrons. The van der Waals surface area contributed by atoms with Gasteiger partial charge in [-0.2, -0.15) is 0 Å². The summed E-state index contributed by atoms with van der Waals surface area (Å²) in [6.45, 7) is 7.55. The number of hydrogen-bond acceptors (Lipinski definition) is 4. The van der Waals surface area contributed by atoms with Gasteiger partial charge >= 0.3 is 0 Å². The fourth-order valence-electron chi connectivity index (χ4n) is 2.31. The van der Waals surface area contributed by atoms with Crippen LogP contribution in [0, 0.1) is 12.8 Å². The summed E-state index contributed by atoms with van der Waals surface area (Å²) in [4.78, 5) is 9.47. The fraction of sp³-hybridized carbons (Fsp3) is 0.733. The zero-order valence-electron chi connectivity index (χ0n) is 12.2. The Kier molecular flexibility index (Phi) is 3.33. The summed E-state index contributed by atoms with van der Waals surface area (Å²) in [5.41, 5.74) is 1.16. The van der Waals surface area contributed by atoms with Crippen LogP contribution in [-0.4, -0.2) is 22.6 Å². The Morgan fingerprint density at radius 1 is 1.21 bits per heavy atom. The molecule has 2 unspecified atom stereocenters. The van der Waals surface area contributed by atoms with Crippen LogP contribution in [-0.2, 0) is 0 Å². The van der Waals surface area contributed by atoms with E-state index in [1.54, 1.807) is 0 Å². The van der Waals surface area contributed by atoms with E-state index in [0.29, 0.717) is 12.0 Å². The van der Waals surface area contributed by atoms with E-state index in [2.05, 4.69) is 31.4 Å². The molecular formula is C15H24N4. The molecule has 0 aromatic carbocycles. The molecule has 1 heterocycles. The van der Waals surface area contributed by atoms with E-state index < -0.39 is 0 Å². The molecule has 2 fully saturated rings. The number of aromatic nitrogens is 2. The summed E-state index contributed by atoms with van der Waals surface area (Å²) >= 11 is 0. The van der Waals surface area contributed by atoms with Gasteiger partial charge < -0.3 is 10.6 Å². The van der Waals surface area contributed by atoms with Crippen molar-refractivity contribution in [3.63, 3.8) is 0 Å². The monoisotopic (exact) mass is 260 g/mol. The van der Waals surface area contributed by atoms with Gasteiger partial charge in [0, 0.05) is 24.1 Å². The molecule has 0 spiro atoms. The topological polar surface area (TPSA) is 49.8 Å². The summed E-state index contributed by atoms with van der Waals surface area (Å²) in [6, 6.07) is 0.611. The van der Waals surface area contributed by atoms with Gasteiger partial charge in [-0.1, -0.05) is 13.8 Å². The van der Waals surface area contributed by atoms with Gasteiger partial charge in [0.05, 0.1) is 0 Å². The van der Waals surface area contributed by atoms with Crippen LogP contribution in [0.15, 0.2) is 0 Å². The van der Waals surface area contributed by atoms with E-state index in [0.717, 1.165) is 41.9 Å². The molecule has 1 aromatic heterocycles. The van der Waals surface area contributed by atoms with Crippen molar-refractivity contribution >= 4 is 11.6 Å². The van der Waals surface area contributed by atoms with Crippen LogP contribution >= 0.6 is 0 Å². The normalized spacial score (nSPS) is 25.2. The maximum Gasteiger partial charge on any atom is 0.136 e. The molecule has 1 aromatic rings. The Morgan fingerprint density at radius 3 is 2.47 bits per heavy atom. The van der Waals surface area contributed by atoms with E-state index in [9.17, 15) is 0 Å². The van der Waals surface area contributed by atoms with Gasteiger partial charge in [-0.25, -0.2) is 9.97 Å². The van der Waals surface area contributed by atoms with Crippen molar-refractivity contribution in [2.45, 2.75) is 58.4 Å². The summed E-state index contributed by atoms with van der Waals surface area (Å²) in [6.07, 6.45) is 4.87. The lowest BCUT2D eigenvalue weighted by Gasteiger charge is -2.14. The summed E-state index contributed by atoms with van der Waals surface area (Å²) < 4.78 is 0. The molecule has 2 atom stereocenters. The van der Waals surface area contributed by atoms with Gasteiger partial charge in [0.1, 0.15) is 17.5 Å². The van der Waals surface area contributed by atoms with E-state index >= 15 is 0 Å². The molecule has 0 bridgehead atoms. The third-order valence-corrected chi connectivity index (χ3v) is 4.08. The minimum Gasteiger partial charge on any atom is -0.370 e. The molecule has 19 heavy (non-hydrogen) atoms. The van der Waals surface area contributed by atoms with Gasteiger partial charge in [-0.3, -0.25) is 0 Å². The number of hydrogen-bond donors (Lipinski definition) is 2. The minimum absolute atomic E-state index is 0.597. The first-order chi connectivity index (χ1) is 9.19. The number of nitrogens with zero attached hydrogens (tertiary/aromatic N) is 2. The Morgan fingerprint density at radius 2 is 1.89 bits per heavy atom. The number of nitrogens with one attached hydrogen (secondary N) is 2. The average Bonchev–Trinajstić information content (AvgIpc) is 3.28. The largest absolute Gasteiger partial charge is 0.370 e. The van der Waals surface area contributed by atoms with Crippen LogP contribution < -0.4 is 10.6 Å². The van der Waals surface area contributed by atoms with Crippen LogP contribution in [0.3, 0.4) is 0 Å². The zero-order chi connectivity index (χ0) is 13.4. The SMILES string of the molecule is CCCNc1nc(C2CC2)nc(NC2CC2C)c1C. The van der Waals surface area contributed by atoms with Crippen molar-refractivity contribution in [1.82, 2.24) is 9.97 Å². The molecule has 2 aliphatic rings. The molecule has 0 saturated heterocycles. The summed E-state index contributed by atoms with van der Waals surface area (Å²) in [7, 11) is 0. The van der Waals surface area contributed by atoms with Crippen LogP contribution in [0.25, 0.3) is 0 Å². The predicted molar refractivity (Wildman–Crippen MR) is 78.7 cm³/mol. The molecule has 0 amide bonds. The molecule has 4 heteroatoms. The maximum atomic E-state index is 4.76. The highest BCUT2D eigenvalue weighted by atomic mass is 15.1. The number of anilines is 2. The van der Waals surface area contributed by atoms with Gasteiger partial charge in [-0.15, -0.1) is 0 Å². The second-order valence-corrected chi connectivity index (χ2v) is 6.07. The standard InChI is InChI=1S/C15H24N4/c1-4-7-16-13-10(3)14(17-12-8-9(12)2)19-15(18-13)11-5-6-11/h9,11-12H,4-8H2,1-3H3,(H2,16,17,18,19). The fourth-order valence-corrected chi connectivity index (χ4v) is 2.31. The minimum atomic E-state index is 0.597. The van der Waals surface area contributed by atoms with Crippen molar-refractivity contribution in [3.8, 4) is 0 Å². The molecule has 3 rings (SSSR count). The highest BCUT2D eigenvalue weighted by molar-refractivity contribution is 5.58. The van der Waals surface area contributed by atoms with Crippen molar-refractivity contribution in [2.75, 3.05) is 17.2 Å². The first-order valence-electron chi connectivity index (χ1n) is 7.58. The van der Waals surface area contributed by atoms with Crippen LogP contribution in [0.1, 0.15) is 56.8 Å². The van der Waals surface area contributed by atoms with Crippen LogP contribution in [0.2, 0.25) is 0 Å². The first-order valence-corrected chi connectivity index (χ1v) is 7.58. The quantitative estimate of drug-likeness (QED) is 0.824. The van der Waals surface area contributed by atoms with Gasteiger partial charge in [-0.05, 0) is 38.5 Å². The molecule has 0 aliphatic heterocycles. The van der Waals surface area contributed by atoms with Crippen molar-refractivity contribution in [1.29, 1.82) is 0 Å². The third kappa shape index (κ3) is 2.82. The smallest absolute Gasteiger partial charge is 0.136 e. The highest BCUT2D eigenvalue weighted by Gasteiger charge is 2.34. The lowest BCUT2D eigenvalue weighted by Crippen LogP contribution is -2.13. The molecule has 0 radical (unpaired) electrons. The molecule has 4 nitrogen and oxygen atoms in total. The van der Waals surface area contributed by atoms with Gasteiger partial charge in [0.15, 0.2) is 0 Å². The molecule has 2 aliphatic carbocycles. The van der Waals surface area contributed by atoms with E-state index in [1.165, 1.54) is 19.3 Å². The van der Waals surface area contributed by atoms with E-state index in [-0.39, 0.29) is 0 Å². The van der Waals surface area contributed by atoms with E-state index in [1.807, 2.05) is 0 Å². The Balaban J connectivity index is 1.84. The summed E-state index contributed by atoms with van der Waals surface area (Å²) in [5.74, 6) is 4.48. The van der Waals surface area contributed by atoms with Crippen molar-refractivity contribution < 1.29 is 0 Å². The zero-order valence-corrected chi connectivity index (χ0v) is 12.2. The first kappa shape index (κ1) is 12.7. The highest BCUT2D eigenvalue weighted by Crippen LogP contribution is 2.40. The molecular weight excluding hydrogens is 236 g/mol. The Labute approximate surface area is 115 Å². The Hall–Kier alpha value is -1.32.